The first-order valence-electron chi connectivity index (χ1n) is 3.41. The van der Waals surface area contributed by atoms with Crippen LogP contribution < -0.4 is 0 Å². The predicted octanol–water partition coefficient (Wildman–Crippen LogP) is 2.48. The van der Waals surface area contributed by atoms with Gasteiger partial charge in [0.25, 0.3) is 0 Å². The van der Waals surface area contributed by atoms with E-state index in [4.69, 9.17) is 0 Å². The Bertz CT molecular complexity index is 189. The lowest BCUT2D eigenvalue weighted by Gasteiger charge is -1.90. The van der Waals surface area contributed by atoms with Crippen molar-refractivity contribution in [3.05, 3.63) is 16.9 Å². The van der Waals surface area contributed by atoms with Crippen LogP contribution in [0.3, 0.4) is 0 Å². The van der Waals surface area contributed by atoms with Crippen LogP contribution in [0.15, 0.2) is 16.9 Å². The minimum absolute atomic E-state index is 0.200. The molecule has 0 fully saturated rings. The zero-order valence-electron chi connectivity index (χ0n) is 7.12. The Balaban J connectivity index is 4.23. The van der Waals surface area contributed by atoms with Crippen molar-refractivity contribution in [1.29, 1.82) is 0 Å². The molecule has 0 aromatic rings. The zero-order chi connectivity index (χ0) is 8.15. The summed E-state index contributed by atoms with van der Waals surface area (Å²) in [6, 6.07) is 0. The highest BCUT2D eigenvalue weighted by Crippen LogP contribution is 1.99. The van der Waals surface area contributed by atoms with Crippen LogP contribution in [-0.2, 0) is 4.79 Å². The molecule has 0 saturated heterocycles. The fraction of sp³-hybridized carbons (Fsp3) is 0.556. The predicted molar refractivity (Wildman–Crippen MR) is 42.9 cm³/mol. The second-order valence-corrected chi connectivity index (χ2v) is 2.78. The molecule has 0 unspecified atom stereocenters. The first-order chi connectivity index (χ1) is 4.52. The van der Waals surface area contributed by atoms with Gasteiger partial charge in [0.15, 0.2) is 0 Å². The van der Waals surface area contributed by atoms with Gasteiger partial charge in [-0.05, 0) is 38.8 Å². The molecule has 0 aromatic carbocycles. The fourth-order valence-electron chi connectivity index (χ4n) is 0.844. The van der Waals surface area contributed by atoms with Gasteiger partial charge in [-0.3, -0.25) is 4.79 Å². The molecule has 0 aliphatic rings. The normalized spacial score (nSPS) is 8.40. The summed E-state index contributed by atoms with van der Waals surface area (Å²) in [5.41, 5.74) is 5.23. The van der Waals surface area contributed by atoms with Gasteiger partial charge >= 0.3 is 0 Å². The van der Waals surface area contributed by atoms with Gasteiger partial charge in [-0.25, -0.2) is 0 Å². The summed E-state index contributed by atoms with van der Waals surface area (Å²) in [6.45, 7) is 7.47. The van der Waals surface area contributed by atoms with E-state index >= 15 is 0 Å². The van der Waals surface area contributed by atoms with Gasteiger partial charge in [0.1, 0.15) is 5.78 Å². The van der Waals surface area contributed by atoms with Gasteiger partial charge in [0.2, 0.25) is 0 Å². The molecule has 0 spiro atoms. The van der Waals surface area contributed by atoms with Crippen molar-refractivity contribution in [2.45, 2.75) is 34.1 Å². The van der Waals surface area contributed by atoms with E-state index in [0.717, 1.165) is 11.1 Å². The second kappa shape index (κ2) is 4.08. The number of Topliss-reactive ketones (excluding diaryl/α,β-unsaturated/α-hetero) is 1. The maximum atomic E-state index is 10.6. The van der Waals surface area contributed by atoms with Gasteiger partial charge in [0.05, 0.1) is 0 Å². The highest BCUT2D eigenvalue weighted by molar-refractivity contribution is 5.77. The number of rotatable bonds is 2. The van der Waals surface area contributed by atoms with Gasteiger partial charge < -0.3 is 0 Å². The van der Waals surface area contributed by atoms with Crippen molar-refractivity contribution < 1.29 is 4.79 Å². The molecule has 0 amide bonds. The Labute approximate surface area is 62.4 Å². The molecule has 1 heteroatoms. The summed E-state index contributed by atoms with van der Waals surface area (Å²) < 4.78 is 0. The third kappa shape index (κ3) is 5.33. The fourth-order valence-corrected chi connectivity index (χ4v) is 0.844. The number of carbonyl (C=O) groups is 1. The van der Waals surface area contributed by atoms with E-state index in [-0.39, 0.29) is 5.78 Å². The largest absolute Gasteiger partial charge is 0.300 e. The first-order valence-corrected chi connectivity index (χ1v) is 3.41. The molecular weight excluding hydrogens is 124 g/mol. The summed E-state index contributed by atoms with van der Waals surface area (Å²) >= 11 is 0. The average molecular weight is 138 g/mol. The van der Waals surface area contributed by atoms with Gasteiger partial charge in [-0.2, -0.15) is 0 Å². The first kappa shape index (κ1) is 9.19. The third-order valence-electron chi connectivity index (χ3n) is 0.977. The highest BCUT2D eigenvalue weighted by atomic mass is 16.1. The van der Waals surface area contributed by atoms with E-state index in [1.165, 1.54) is 0 Å². The van der Waals surface area contributed by atoms with Crippen LogP contribution >= 0.6 is 0 Å². The Morgan fingerprint density at radius 2 is 1.70 bits per heavy atom. The molecule has 0 aliphatic carbocycles. The monoisotopic (exact) mass is 138 g/mol. The van der Waals surface area contributed by atoms with Crippen molar-refractivity contribution in [2.75, 3.05) is 0 Å². The zero-order valence-corrected chi connectivity index (χ0v) is 7.12. The third-order valence-corrected chi connectivity index (χ3v) is 0.977. The second-order valence-electron chi connectivity index (χ2n) is 2.78. The standard InChI is InChI=1S/C9H14O/c1-7(2)5-8(3)6-9(4)10/h6H2,1-4H3. The maximum absolute atomic E-state index is 10.6. The summed E-state index contributed by atoms with van der Waals surface area (Å²) in [4.78, 5) is 10.6. The topological polar surface area (TPSA) is 17.1 Å². The summed E-state index contributed by atoms with van der Waals surface area (Å²) in [6.07, 6.45) is 0.533. The highest BCUT2D eigenvalue weighted by Gasteiger charge is 1.92. The Morgan fingerprint density at radius 1 is 1.20 bits per heavy atom. The van der Waals surface area contributed by atoms with Gasteiger partial charge in [-0.1, -0.05) is 0 Å². The van der Waals surface area contributed by atoms with Gasteiger partial charge in [0, 0.05) is 6.42 Å². The number of allylic oxidation sites excluding steroid dienone is 1. The smallest absolute Gasteiger partial charge is 0.134 e. The van der Waals surface area contributed by atoms with E-state index < -0.39 is 0 Å². The SMILES string of the molecule is CC(=O)CC(C)=C=C(C)C. The average Bonchev–Trinajstić information content (AvgIpc) is 1.58. The van der Waals surface area contributed by atoms with Crippen LogP contribution in [0.4, 0.5) is 0 Å². The number of hydrogen-bond acceptors (Lipinski definition) is 1. The lowest BCUT2D eigenvalue weighted by Crippen LogP contribution is -1.88. The van der Waals surface area contributed by atoms with Crippen molar-refractivity contribution in [2.24, 2.45) is 0 Å². The summed E-state index contributed by atoms with van der Waals surface area (Å²) in [5, 5.41) is 0. The molecule has 0 aliphatic heterocycles. The molecule has 0 bridgehead atoms. The van der Waals surface area contributed by atoms with Crippen LogP contribution in [0.25, 0.3) is 0 Å². The molecule has 0 rings (SSSR count). The van der Waals surface area contributed by atoms with E-state index in [9.17, 15) is 4.79 Å². The van der Waals surface area contributed by atoms with E-state index in [2.05, 4.69) is 5.73 Å². The molecule has 56 valence electrons. The molecule has 0 N–H and O–H groups in total. The minimum Gasteiger partial charge on any atom is -0.300 e. The molecule has 0 aromatic heterocycles. The molecule has 1 nitrogen and oxygen atoms in total. The van der Waals surface area contributed by atoms with E-state index in [0.29, 0.717) is 6.42 Å². The Hall–Kier alpha value is -0.810. The molecule has 0 radical (unpaired) electrons. The molecule has 0 atom stereocenters. The molecule has 0 saturated carbocycles. The van der Waals surface area contributed by atoms with Crippen molar-refractivity contribution in [1.82, 2.24) is 0 Å². The number of carbonyl (C=O) groups excluding carboxylic acids is 1. The minimum atomic E-state index is 0.200. The Morgan fingerprint density at radius 3 is 2.00 bits per heavy atom. The van der Waals surface area contributed by atoms with Crippen LogP contribution in [0.5, 0.6) is 0 Å². The Kier molecular flexibility index (Phi) is 3.75. The van der Waals surface area contributed by atoms with Crippen LogP contribution in [0.2, 0.25) is 0 Å². The lowest BCUT2D eigenvalue weighted by molar-refractivity contribution is -0.116. The van der Waals surface area contributed by atoms with Crippen LogP contribution in [0, 0.1) is 0 Å². The summed E-state index contributed by atoms with van der Waals surface area (Å²) in [5.74, 6) is 0.200. The lowest BCUT2D eigenvalue weighted by atomic mass is 10.1. The summed E-state index contributed by atoms with van der Waals surface area (Å²) in [7, 11) is 0. The quantitative estimate of drug-likeness (QED) is 0.536. The molecular formula is C9H14O. The van der Waals surface area contributed by atoms with Crippen molar-refractivity contribution in [3.8, 4) is 0 Å². The van der Waals surface area contributed by atoms with Crippen LogP contribution in [0.1, 0.15) is 34.1 Å². The van der Waals surface area contributed by atoms with Gasteiger partial charge in [-0.15, -0.1) is 5.73 Å². The van der Waals surface area contributed by atoms with E-state index in [1.54, 1.807) is 6.92 Å². The maximum Gasteiger partial charge on any atom is 0.134 e. The molecule has 10 heavy (non-hydrogen) atoms. The van der Waals surface area contributed by atoms with Crippen LogP contribution in [-0.4, -0.2) is 5.78 Å². The van der Waals surface area contributed by atoms with Crippen molar-refractivity contribution in [3.63, 3.8) is 0 Å². The van der Waals surface area contributed by atoms with E-state index in [1.807, 2.05) is 20.8 Å². The number of hydrogen-bond donors (Lipinski definition) is 0. The number of ketones is 1. The van der Waals surface area contributed by atoms with Crippen molar-refractivity contribution >= 4 is 5.78 Å². The molecule has 0 heterocycles.